The number of carbonyl (C=O) groups is 3. The van der Waals surface area contributed by atoms with Gasteiger partial charge in [-0.05, 0) is 50.6 Å². The van der Waals surface area contributed by atoms with Crippen molar-refractivity contribution >= 4 is 28.9 Å². The number of aromatic hydroxyl groups is 1. The largest absolute Gasteiger partial charge is 0.508 e. The zero-order valence-electron chi connectivity index (χ0n) is 25.8. The summed E-state index contributed by atoms with van der Waals surface area (Å²) >= 11 is 0. The van der Waals surface area contributed by atoms with E-state index in [1.807, 2.05) is 49.3 Å². The maximum Gasteiger partial charge on any atom is 0.255 e. The average molecular weight is 845 g/mol. The van der Waals surface area contributed by atoms with Crippen LogP contribution in [0.2, 0.25) is 0 Å². The minimum Gasteiger partial charge on any atom is -0.508 e. The molecule has 3 aliphatic rings. The number of primary amides is 1. The fourth-order valence-corrected chi connectivity index (χ4v) is 7.06. The molecule has 1 unspecified atom stereocenters. The van der Waals surface area contributed by atoms with Crippen molar-refractivity contribution in [1.82, 2.24) is 10.2 Å². The van der Waals surface area contributed by atoms with Crippen LogP contribution in [-0.2, 0) is 33.9 Å². The van der Waals surface area contributed by atoms with Crippen molar-refractivity contribution in [2.24, 2.45) is 17.6 Å². The molecule has 0 aliphatic heterocycles. The zero-order valence-corrected chi connectivity index (χ0v) is 30.0. The van der Waals surface area contributed by atoms with Crippen LogP contribution in [0.3, 0.4) is 0 Å². The Morgan fingerprint density at radius 3 is 2.33 bits per heavy atom. The van der Waals surface area contributed by atoms with Gasteiger partial charge in [-0.15, -0.1) is 0 Å². The van der Waals surface area contributed by atoms with Gasteiger partial charge in [0.1, 0.15) is 28.6 Å². The second-order valence-corrected chi connectivity index (χ2v) is 12.0. The predicted molar refractivity (Wildman–Crippen MR) is 162 cm³/mol. The molecule has 1 fully saturated rings. The summed E-state index contributed by atoms with van der Waals surface area (Å²) in [6, 6.07) is 8.21. The van der Waals surface area contributed by atoms with Gasteiger partial charge in [-0.3, -0.25) is 19.3 Å². The average Bonchev–Trinajstić information content (AvgIpc) is 2.95. The van der Waals surface area contributed by atoms with Gasteiger partial charge in [-0.1, -0.05) is 18.2 Å². The topological polar surface area (TPSA) is 186 Å². The maximum absolute atomic E-state index is 14.1. The first-order chi connectivity index (χ1) is 20.7. The van der Waals surface area contributed by atoms with Crippen LogP contribution in [0.1, 0.15) is 28.7 Å². The molecule has 1 amide bonds. The van der Waals surface area contributed by atoms with E-state index < -0.39 is 58.0 Å². The number of fused-ring (bicyclic) bond motifs is 3. The number of nitrogens with zero attached hydrogens (tertiary/aromatic N) is 2. The molecule has 2 aromatic rings. The Bertz CT molecular complexity index is 1630. The molecule has 0 spiro atoms. The summed E-state index contributed by atoms with van der Waals surface area (Å²) < 4.78 is 5.41. The molecule has 2 aromatic carbocycles. The number of carbonyl (C=O) groups excluding carboxylic acids is 3. The number of hydrogen-bond acceptors (Lipinski definition) is 11. The van der Waals surface area contributed by atoms with Crippen LogP contribution in [0, 0.1) is 42.9 Å². The smallest absolute Gasteiger partial charge is 0.255 e. The second kappa shape index (κ2) is 12.8. The zero-order chi connectivity index (χ0) is 32.2. The second-order valence-electron chi connectivity index (χ2n) is 12.0. The molecule has 13 heteroatoms. The van der Waals surface area contributed by atoms with Crippen molar-refractivity contribution in [2.45, 2.75) is 37.6 Å². The number of hydrogen-bond donors (Lipinski definition) is 6. The van der Waals surface area contributed by atoms with Crippen molar-refractivity contribution in [2.75, 3.05) is 40.2 Å². The third-order valence-electron chi connectivity index (χ3n) is 9.08. The number of para-hydroxylation sites is 1. The maximum atomic E-state index is 14.1. The number of methoxy groups -OCH3 is 1. The standard InChI is InChI=1S/C32H38N4O8.U/c1-35(2)20-12-17(14-34-13-15-8-6-7-9-21(15)44-5)26(37)23-18(20)10-16-11-19-25(36(3)4)28(39)24(31(33)42)30(41)32(19,43)29(40)22(16)27(23)38;/h6-9,12,16,19,25,34,37-38,41,43H,10-11,13-14H2,1-5H3,(H2,33,42);/t16-,19-,25?,32-;/m0./s1. The van der Waals surface area contributed by atoms with Crippen molar-refractivity contribution < 1.29 is 70.7 Å². The Hall–Kier alpha value is -3.34. The molecule has 3 aliphatic carbocycles. The number of nitrogens with two attached hydrogens (primary N) is 1. The van der Waals surface area contributed by atoms with E-state index >= 15 is 0 Å². The molecular weight excluding hydrogens is 806 g/mol. The van der Waals surface area contributed by atoms with Gasteiger partial charge >= 0.3 is 0 Å². The van der Waals surface area contributed by atoms with E-state index in [4.69, 9.17) is 10.5 Å². The molecule has 0 saturated heterocycles. The first-order valence-electron chi connectivity index (χ1n) is 14.3. The van der Waals surface area contributed by atoms with Gasteiger partial charge in [0.25, 0.3) is 5.91 Å². The summed E-state index contributed by atoms with van der Waals surface area (Å²) in [6.45, 7) is 0.640. The van der Waals surface area contributed by atoms with Crippen molar-refractivity contribution in [3.63, 3.8) is 0 Å². The number of likely N-dealkylation sites (N-methyl/N-ethyl adjacent to an activating group) is 1. The molecule has 45 heavy (non-hydrogen) atoms. The van der Waals surface area contributed by atoms with Gasteiger partial charge in [0.15, 0.2) is 11.4 Å². The van der Waals surface area contributed by atoms with Gasteiger partial charge < -0.3 is 41.1 Å². The number of ether oxygens (including phenoxy) is 1. The van der Waals surface area contributed by atoms with Gasteiger partial charge in [-0.25, -0.2) is 0 Å². The van der Waals surface area contributed by atoms with Gasteiger partial charge in [0.2, 0.25) is 5.78 Å². The van der Waals surface area contributed by atoms with Crippen LogP contribution in [0.4, 0.5) is 5.69 Å². The number of Topliss-reactive ketones (excluding diaryl/α,β-unsaturated/α-hetero) is 2. The SMILES string of the molecule is COc1ccccc1CNCc1cc(N(C)C)c2c(c1O)C(O)=C1C(=O)[C@]3(O)C(O)=C(C(N)=O)C(=O)C(N(C)C)[C@@H]3C[C@@H]1C2.[U]. The third kappa shape index (κ3) is 5.44. The van der Waals surface area contributed by atoms with E-state index in [0.717, 1.165) is 5.56 Å². The molecule has 0 aromatic heterocycles. The molecule has 0 radical (unpaired) electrons. The van der Waals surface area contributed by atoms with Crippen LogP contribution >= 0.6 is 0 Å². The number of rotatable bonds is 8. The van der Waals surface area contributed by atoms with Crippen LogP contribution < -0.4 is 20.7 Å². The quantitative estimate of drug-likeness (QED) is 0.211. The fourth-order valence-electron chi connectivity index (χ4n) is 7.06. The first kappa shape index (κ1) is 34.5. The van der Waals surface area contributed by atoms with E-state index in [9.17, 15) is 34.8 Å². The Balaban J connectivity index is 0.00000461. The molecule has 0 heterocycles. The molecular formula is C32H38N4O8U. The number of benzene rings is 2. The molecule has 238 valence electrons. The number of nitrogens with one attached hydrogen (secondary N) is 1. The number of ketones is 2. The van der Waals surface area contributed by atoms with Crippen LogP contribution in [-0.4, -0.2) is 89.7 Å². The Labute approximate surface area is 284 Å². The summed E-state index contributed by atoms with van der Waals surface area (Å²) in [5.41, 5.74) is 4.45. The molecule has 5 rings (SSSR count). The number of phenolic OH excluding ortho intramolecular Hbond substituents is 1. The van der Waals surface area contributed by atoms with Crippen molar-refractivity contribution in [3.8, 4) is 11.5 Å². The normalized spacial score (nSPS) is 24.1. The molecule has 1 saturated carbocycles. The molecule has 12 nitrogen and oxygen atoms in total. The van der Waals surface area contributed by atoms with E-state index in [2.05, 4.69) is 5.32 Å². The van der Waals surface area contributed by atoms with E-state index in [-0.39, 0.29) is 67.4 Å². The van der Waals surface area contributed by atoms with Crippen molar-refractivity contribution in [3.05, 3.63) is 69.5 Å². The monoisotopic (exact) mass is 844 g/mol. The van der Waals surface area contributed by atoms with Gasteiger partial charge in [0, 0.05) is 86.6 Å². The predicted octanol–water partition coefficient (Wildman–Crippen LogP) is 1.33. The van der Waals surface area contributed by atoms with Crippen LogP contribution in [0.15, 0.2) is 47.2 Å². The van der Waals surface area contributed by atoms with E-state index in [1.54, 1.807) is 21.2 Å². The number of phenols is 1. The summed E-state index contributed by atoms with van der Waals surface area (Å²) in [4.78, 5) is 43.0. The van der Waals surface area contributed by atoms with Crippen molar-refractivity contribution in [1.29, 1.82) is 0 Å². The Kier molecular flexibility index (Phi) is 9.83. The van der Waals surface area contributed by atoms with Crippen LogP contribution in [0.25, 0.3) is 5.76 Å². The van der Waals surface area contributed by atoms with Gasteiger partial charge in [0.05, 0.1) is 18.7 Å². The Morgan fingerprint density at radius 1 is 1.09 bits per heavy atom. The summed E-state index contributed by atoms with van der Waals surface area (Å²) in [7, 11) is 8.38. The Morgan fingerprint density at radius 2 is 1.73 bits per heavy atom. The van der Waals surface area contributed by atoms with Crippen LogP contribution in [0.5, 0.6) is 11.5 Å². The third-order valence-corrected chi connectivity index (χ3v) is 9.08. The van der Waals surface area contributed by atoms with E-state index in [1.165, 1.54) is 4.90 Å². The number of amides is 1. The molecule has 4 atom stereocenters. The summed E-state index contributed by atoms with van der Waals surface area (Å²) in [5, 5.41) is 49.3. The molecule has 0 bridgehead atoms. The molecule has 7 N–H and O–H groups in total. The number of anilines is 1. The van der Waals surface area contributed by atoms with Gasteiger partial charge in [-0.2, -0.15) is 0 Å². The summed E-state index contributed by atoms with van der Waals surface area (Å²) in [6.07, 6.45) is 0.242. The number of aliphatic hydroxyl groups is 3. The first-order valence-corrected chi connectivity index (χ1v) is 14.3. The minimum absolute atomic E-state index is 0. The van der Waals surface area contributed by atoms with E-state index in [0.29, 0.717) is 29.1 Å². The fraction of sp³-hybridized carbons (Fsp3) is 0.406. The minimum atomic E-state index is -2.68. The summed E-state index contributed by atoms with van der Waals surface area (Å²) in [5.74, 6) is -6.02. The number of aliphatic hydroxyl groups excluding tert-OH is 2.